The van der Waals surface area contributed by atoms with E-state index in [0.29, 0.717) is 12.8 Å². The summed E-state index contributed by atoms with van der Waals surface area (Å²) in [6.07, 6.45) is 31.0. The second-order valence-electron chi connectivity index (χ2n) is 18.7. The summed E-state index contributed by atoms with van der Waals surface area (Å²) in [5, 5.41) is 72.1. The molecule has 2 aliphatic rings. The van der Waals surface area contributed by atoms with Crippen LogP contribution in [0.1, 0.15) is 181 Å². The van der Waals surface area contributed by atoms with Crippen LogP contribution in [-0.4, -0.2) is 142 Å². The molecule has 2 saturated heterocycles. The lowest BCUT2D eigenvalue weighted by atomic mass is 9.98. The third kappa shape index (κ3) is 29.0. The summed E-state index contributed by atoms with van der Waals surface area (Å²) < 4.78 is 33.6. The lowest BCUT2D eigenvalue weighted by Gasteiger charge is -2.42. The van der Waals surface area contributed by atoms with Crippen LogP contribution in [0.15, 0.2) is 60.8 Å². The second-order valence-corrected chi connectivity index (χ2v) is 18.7. The van der Waals surface area contributed by atoms with Gasteiger partial charge in [0.25, 0.3) is 0 Å². The van der Waals surface area contributed by atoms with E-state index in [0.717, 1.165) is 70.6 Å². The molecule has 0 aromatic carbocycles. The van der Waals surface area contributed by atoms with E-state index < -0.39 is 99.3 Å². The summed E-state index contributed by atoms with van der Waals surface area (Å²) in [5.74, 6) is -0.961. The molecule has 404 valence electrons. The summed E-state index contributed by atoms with van der Waals surface area (Å²) in [6.45, 7) is 2.45. The van der Waals surface area contributed by atoms with Crippen LogP contribution in [0.3, 0.4) is 0 Å². The standard InChI is InChI=1S/C55H94O15/c1-3-5-7-9-11-13-15-17-19-20-21-22-24-26-28-30-32-34-36-38-47(58)68-43(40-65-46(57)37-35-33-31-29-27-25-23-18-16-14-12-10-8-6-4-2)41-66-54-53(64)51(62)49(60)45(70-54)42-67-55-52(63)50(61)48(59)44(39-56)69-55/h5,7,11,13,17,19,21-22,26,28,43-45,48-56,59-64H,3-4,6,8-10,12,14-16,18,20,23-25,27,29-42H2,1-2H3/b7-5-,13-11-,19-17-,22-21-,28-26-. The number of aliphatic hydroxyl groups excluding tert-OH is 7. The van der Waals surface area contributed by atoms with Crippen molar-refractivity contribution in [1.82, 2.24) is 0 Å². The Morgan fingerprint density at radius 2 is 0.900 bits per heavy atom. The highest BCUT2D eigenvalue weighted by atomic mass is 16.7. The van der Waals surface area contributed by atoms with E-state index >= 15 is 0 Å². The fourth-order valence-corrected chi connectivity index (χ4v) is 8.13. The number of hydrogen-bond acceptors (Lipinski definition) is 15. The van der Waals surface area contributed by atoms with Crippen molar-refractivity contribution in [3.63, 3.8) is 0 Å². The van der Waals surface area contributed by atoms with Gasteiger partial charge in [0.15, 0.2) is 18.7 Å². The van der Waals surface area contributed by atoms with Gasteiger partial charge in [0, 0.05) is 12.8 Å². The zero-order chi connectivity index (χ0) is 51.0. The Bertz CT molecular complexity index is 1450. The van der Waals surface area contributed by atoms with E-state index in [-0.39, 0.29) is 19.4 Å². The topological polar surface area (TPSA) is 231 Å². The second kappa shape index (κ2) is 41.6. The summed E-state index contributed by atoms with van der Waals surface area (Å²) in [5.41, 5.74) is 0. The molecule has 11 atom stereocenters. The highest BCUT2D eigenvalue weighted by molar-refractivity contribution is 5.70. The Hall–Kier alpha value is -2.80. The molecule has 15 nitrogen and oxygen atoms in total. The Morgan fingerprint density at radius 3 is 1.41 bits per heavy atom. The average Bonchev–Trinajstić information content (AvgIpc) is 3.35. The van der Waals surface area contributed by atoms with Gasteiger partial charge in [0.1, 0.15) is 55.4 Å². The fourth-order valence-electron chi connectivity index (χ4n) is 8.13. The van der Waals surface area contributed by atoms with Crippen LogP contribution < -0.4 is 0 Å². The Labute approximate surface area is 420 Å². The largest absolute Gasteiger partial charge is 0.462 e. The van der Waals surface area contributed by atoms with Crippen molar-refractivity contribution in [1.29, 1.82) is 0 Å². The molecule has 11 unspecified atom stereocenters. The molecule has 0 aromatic rings. The molecule has 0 spiro atoms. The quantitative estimate of drug-likeness (QED) is 0.0175. The maximum Gasteiger partial charge on any atom is 0.306 e. The molecule has 15 heteroatoms. The van der Waals surface area contributed by atoms with Gasteiger partial charge in [-0.25, -0.2) is 0 Å². The van der Waals surface area contributed by atoms with E-state index in [1.165, 1.54) is 70.6 Å². The summed E-state index contributed by atoms with van der Waals surface area (Å²) in [6, 6.07) is 0. The number of carbonyl (C=O) groups excluding carboxylic acids is 2. The van der Waals surface area contributed by atoms with Gasteiger partial charge in [0.05, 0.1) is 19.8 Å². The summed E-state index contributed by atoms with van der Waals surface area (Å²) in [7, 11) is 0. The van der Waals surface area contributed by atoms with E-state index in [9.17, 15) is 45.3 Å². The van der Waals surface area contributed by atoms with Crippen molar-refractivity contribution in [3.8, 4) is 0 Å². The van der Waals surface area contributed by atoms with E-state index in [2.05, 4.69) is 74.6 Å². The number of allylic oxidation sites excluding steroid dienone is 10. The van der Waals surface area contributed by atoms with Gasteiger partial charge in [-0.3, -0.25) is 9.59 Å². The van der Waals surface area contributed by atoms with Crippen LogP contribution in [0.25, 0.3) is 0 Å². The van der Waals surface area contributed by atoms with Gasteiger partial charge in [-0.15, -0.1) is 0 Å². The normalized spacial score (nSPS) is 25.8. The van der Waals surface area contributed by atoms with Crippen molar-refractivity contribution in [2.45, 2.75) is 248 Å². The average molecular weight is 995 g/mol. The van der Waals surface area contributed by atoms with Crippen molar-refractivity contribution in [2.75, 3.05) is 26.4 Å². The Morgan fingerprint density at radius 1 is 0.471 bits per heavy atom. The molecule has 2 fully saturated rings. The molecule has 7 N–H and O–H groups in total. The zero-order valence-electron chi connectivity index (χ0n) is 42.7. The molecular formula is C55H94O15. The lowest BCUT2D eigenvalue weighted by molar-refractivity contribution is -0.332. The predicted octanol–water partition coefficient (Wildman–Crippen LogP) is 8.05. The first-order valence-electron chi connectivity index (χ1n) is 26.9. The lowest BCUT2D eigenvalue weighted by Crippen LogP contribution is -2.61. The predicted molar refractivity (Wildman–Crippen MR) is 270 cm³/mol. The smallest absolute Gasteiger partial charge is 0.306 e. The molecule has 70 heavy (non-hydrogen) atoms. The number of ether oxygens (including phenoxy) is 6. The molecule has 2 heterocycles. The van der Waals surface area contributed by atoms with Crippen LogP contribution in [0.2, 0.25) is 0 Å². The van der Waals surface area contributed by atoms with Crippen molar-refractivity contribution in [3.05, 3.63) is 60.8 Å². The van der Waals surface area contributed by atoms with Crippen LogP contribution in [0, 0.1) is 0 Å². The molecule has 0 amide bonds. The molecule has 0 aliphatic carbocycles. The van der Waals surface area contributed by atoms with Gasteiger partial charge >= 0.3 is 11.9 Å². The van der Waals surface area contributed by atoms with Gasteiger partial charge in [-0.05, 0) is 57.8 Å². The van der Waals surface area contributed by atoms with E-state index in [1.807, 2.05) is 0 Å². The number of unbranched alkanes of at least 4 members (excludes halogenated alkanes) is 17. The van der Waals surface area contributed by atoms with Crippen molar-refractivity contribution in [2.24, 2.45) is 0 Å². The Balaban J connectivity index is 1.81. The third-order valence-corrected chi connectivity index (χ3v) is 12.5. The third-order valence-electron chi connectivity index (χ3n) is 12.5. The van der Waals surface area contributed by atoms with Crippen molar-refractivity contribution >= 4 is 11.9 Å². The van der Waals surface area contributed by atoms with Crippen LogP contribution in [0.4, 0.5) is 0 Å². The minimum atomic E-state index is -1.77. The van der Waals surface area contributed by atoms with Crippen LogP contribution in [-0.2, 0) is 38.0 Å². The molecule has 0 saturated carbocycles. The Kier molecular flexibility index (Phi) is 37.7. The summed E-state index contributed by atoms with van der Waals surface area (Å²) in [4.78, 5) is 25.8. The van der Waals surface area contributed by atoms with Crippen LogP contribution >= 0.6 is 0 Å². The SMILES string of the molecule is CC/C=C\C/C=C\C/C=C\C/C=C\C/C=C\CCCCCC(=O)OC(COC(=O)CCCCCCCCCCCCCCCCC)COC1OC(COC2OC(CO)C(O)C(O)C2O)C(O)C(O)C1O. The number of rotatable bonds is 41. The highest BCUT2D eigenvalue weighted by Crippen LogP contribution is 2.26. The van der Waals surface area contributed by atoms with Gasteiger partial charge < -0.3 is 64.2 Å². The van der Waals surface area contributed by atoms with Crippen LogP contribution in [0.5, 0.6) is 0 Å². The molecule has 0 aromatic heterocycles. The van der Waals surface area contributed by atoms with E-state index in [1.54, 1.807) is 0 Å². The van der Waals surface area contributed by atoms with E-state index in [4.69, 9.17) is 28.4 Å². The summed E-state index contributed by atoms with van der Waals surface area (Å²) >= 11 is 0. The van der Waals surface area contributed by atoms with Gasteiger partial charge in [-0.1, -0.05) is 171 Å². The highest BCUT2D eigenvalue weighted by Gasteiger charge is 2.47. The zero-order valence-corrected chi connectivity index (χ0v) is 42.7. The number of aliphatic hydroxyl groups is 7. The monoisotopic (exact) mass is 995 g/mol. The first-order chi connectivity index (χ1) is 34.0. The van der Waals surface area contributed by atoms with Gasteiger partial charge in [-0.2, -0.15) is 0 Å². The number of carbonyl (C=O) groups is 2. The maximum atomic E-state index is 13.0. The number of esters is 2. The molecule has 0 bridgehead atoms. The van der Waals surface area contributed by atoms with Crippen molar-refractivity contribution < 1.29 is 73.8 Å². The molecular weight excluding hydrogens is 901 g/mol. The van der Waals surface area contributed by atoms with Gasteiger partial charge in [0.2, 0.25) is 0 Å². The minimum Gasteiger partial charge on any atom is -0.462 e. The first-order valence-corrected chi connectivity index (χ1v) is 26.9. The molecule has 2 aliphatic heterocycles. The number of hydrogen-bond donors (Lipinski definition) is 7. The maximum absolute atomic E-state index is 13.0. The fraction of sp³-hybridized carbons (Fsp3) is 0.782. The molecule has 2 rings (SSSR count). The molecule has 0 radical (unpaired) electrons. The first kappa shape index (κ1) is 63.3. The minimum absolute atomic E-state index is 0.125.